The van der Waals surface area contributed by atoms with Crippen LogP contribution in [-0.4, -0.2) is 26.1 Å². The van der Waals surface area contributed by atoms with E-state index in [2.05, 4.69) is 38.1 Å². The first-order chi connectivity index (χ1) is 12.2. The lowest BCUT2D eigenvalue weighted by atomic mass is 10.1. The summed E-state index contributed by atoms with van der Waals surface area (Å²) in [6.07, 6.45) is 10.0. The van der Waals surface area contributed by atoms with E-state index >= 15 is 0 Å². The molecule has 0 spiro atoms. The zero-order valence-corrected chi connectivity index (χ0v) is 15.7. The molecule has 3 heteroatoms. The average molecular weight is 344 g/mol. The summed E-state index contributed by atoms with van der Waals surface area (Å²) in [5.41, 5.74) is 3.78. The summed E-state index contributed by atoms with van der Waals surface area (Å²) in [4.78, 5) is 0. The fourth-order valence-corrected chi connectivity index (χ4v) is 2.75. The van der Waals surface area contributed by atoms with Gasteiger partial charge in [-0.3, -0.25) is 0 Å². The monoisotopic (exact) mass is 344 g/mol. The average Bonchev–Trinajstić information content (AvgIpc) is 2.65. The Morgan fingerprint density at radius 2 is 1.76 bits per heavy atom. The smallest absolute Gasteiger partial charge is 0.158 e. The molecule has 3 nitrogen and oxygen atoms in total. The van der Waals surface area contributed by atoms with Crippen molar-refractivity contribution in [2.45, 2.75) is 58.8 Å². The first-order valence-corrected chi connectivity index (χ1v) is 9.40. The summed E-state index contributed by atoms with van der Waals surface area (Å²) in [7, 11) is 0. The second kappa shape index (κ2) is 12.0. The largest absolute Gasteiger partial charge is 0.372 e. The maximum Gasteiger partial charge on any atom is 0.158 e. The van der Waals surface area contributed by atoms with Gasteiger partial charge in [0, 0.05) is 6.61 Å². The maximum absolute atomic E-state index is 5.79. The van der Waals surface area contributed by atoms with Crippen molar-refractivity contribution < 1.29 is 14.2 Å². The molecule has 0 amide bonds. The summed E-state index contributed by atoms with van der Waals surface area (Å²) < 4.78 is 17.1. The quantitative estimate of drug-likeness (QED) is 0.419. The van der Waals surface area contributed by atoms with Crippen molar-refractivity contribution in [1.29, 1.82) is 0 Å². The van der Waals surface area contributed by atoms with E-state index in [9.17, 15) is 0 Å². The van der Waals surface area contributed by atoms with Gasteiger partial charge < -0.3 is 14.2 Å². The van der Waals surface area contributed by atoms with Crippen LogP contribution in [0.3, 0.4) is 0 Å². The molecule has 1 heterocycles. The van der Waals surface area contributed by atoms with Crippen molar-refractivity contribution in [3.8, 4) is 0 Å². The predicted octanol–water partition coefficient (Wildman–Crippen LogP) is 5.42. The summed E-state index contributed by atoms with van der Waals surface area (Å²) in [6.45, 7) is 7.14. The van der Waals surface area contributed by atoms with Crippen LogP contribution in [0.5, 0.6) is 0 Å². The van der Waals surface area contributed by atoms with Crippen LogP contribution in [0.15, 0.2) is 53.6 Å². The van der Waals surface area contributed by atoms with E-state index in [-0.39, 0.29) is 6.29 Å². The van der Waals surface area contributed by atoms with Gasteiger partial charge in [-0.15, -0.1) is 0 Å². The molecule has 1 saturated heterocycles. The third-order valence-corrected chi connectivity index (χ3v) is 4.23. The van der Waals surface area contributed by atoms with E-state index in [1.54, 1.807) is 0 Å². The number of unbranched alkanes of at least 4 members (excludes halogenated alkanes) is 1. The minimum atomic E-state index is 0.000929. The minimum absolute atomic E-state index is 0.000929. The van der Waals surface area contributed by atoms with Gasteiger partial charge >= 0.3 is 0 Å². The van der Waals surface area contributed by atoms with Crippen molar-refractivity contribution >= 4 is 0 Å². The molecule has 1 aliphatic heterocycles. The third kappa shape index (κ3) is 9.01. The first-order valence-electron chi connectivity index (χ1n) is 9.40. The summed E-state index contributed by atoms with van der Waals surface area (Å²) >= 11 is 0. The van der Waals surface area contributed by atoms with Crippen molar-refractivity contribution in [3.63, 3.8) is 0 Å². The Hall–Kier alpha value is -1.42. The Labute approximate surface area is 152 Å². The first kappa shape index (κ1) is 19.9. The number of allylic oxidation sites excluding steroid dienone is 2. The van der Waals surface area contributed by atoms with E-state index in [1.165, 1.54) is 23.1 Å². The Morgan fingerprint density at radius 1 is 1.04 bits per heavy atom. The van der Waals surface area contributed by atoms with Crippen LogP contribution in [0, 0.1) is 0 Å². The molecule has 1 aromatic rings. The Bertz CT molecular complexity index is 527. The minimum Gasteiger partial charge on any atom is -0.372 e. The number of hydrogen-bond acceptors (Lipinski definition) is 3. The number of rotatable bonds is 10. The van der Waals surface area contributed by atoms with Crippen molar-refractivity contribution in [1.82, 2.24) is 0 Å². The molecule has 1 atom stereocenters. The van der Waals surface area contributed by atoms with Crippen LogP contribution in [0.1, 0.15) is 51.5 Å². The molecule has 0 saturated carbocycles. The second-order valence-electron chi connectivity index (χ2n) is 6.76. The molecule has 1 aliphatic rings. The normalized spacial score (nSPS) is 19.2. The predicted molar refractivity (Wildman–Crippen MR) is 102 cm³/mol. The van der Waals surface area contributed by atoms with Gasteiger partial charge in [-0.2, -0.15) is 0 Å². The molecule has 0 aromatic heterocycles. The topological polar surface area (TPSA) is 27.7 Å². The van der Waals surface area contributed by atoms with E-state index in [4.69, 9.17) is 14.2 Å². The highest BCUT2D eigenvalue weighted by atomic mass is 16.7. The van der Waals surface area contributed by atoms with Gasteiger partial charge in [0.1, 0.15) is 0 Å². The number of hydrogen-bond donors (Lipinski definition) is 0. The van der Waals surface area contributed by atoms with E-state index in [0.29, 0.717) is 19.8 Å². The Kier molecular flexibility index (Phi) is 9.57. The molecule has 0 bridgehead atoms. The van der Waals surface area contributed by atoms with E-state index in [0.717, 1.165) is 32.3 Å². The molecule has 0 radical (unpaired) electrons. The second-order valence-corrected chi connectivity index (χ2v) is 6.76. The van der Waals surface area contributed by atoms with Crippen LogP contribution in [0.2, 0.25) is 0 Å². The molecule has 2 rings (SSSR count). The van der Waals surface area contributed by atoms with Crippen molar-refractivity contribution in [3.05, 3.63) is 59.2 Å². The van der Waals surface area contributed by atoms with Gasteiger partial charge in [0.15, 0.2) is 6.29 Å². The zero-order chi connectivity index (χ0) is 17.7. The lowest BCUT2D eigenvalue weighted by Gasteiger charge is -2.22. The summed E-state index contributed by atoms with van der Waals surface area (Å²) in [5, 5.41) is 0. The molecule has 1 unspecified atom stereocenters. The molecule has 0 aliphatic carbocycles. The fourth-order valence-electron chi connectivity index (χ4n) is 2.75. The molecule has 25 heavy (non-hydrogen) atoms. The fraction of sp³-hybridized carbons (Fsp3) is 0.545. The summed E-state index contributed by atoms with van der Waals surface area (Å²) in [6, 6.07) is 10.3. The SMILES string of the molecule is C/C(=C\CC/C=C(\C)COC1CCCCO1)COCc1ccccc1. The van der Waals surface area contributed by atoms with Gasteiger partial charge in [-0.1, -0.05) is 53.6 Å². The molecule has 1 aromatic carbocycles. The molecule has 138 valence electrons. The van der Waals surface area contributed by atoms with Gasteiger partial charge in [0.05, 0.1) is 19.8 Å². The van der Waals surface area contributed by atoms with Gasteiger partial charge in [-0.05, 0) is 51.5 Å². The van der Waals surface area contributed by atoms with Gasteiger partial charge in [0.25, 0.3) is 0 Å². The highest BCUT2D eigenvalue weighted by Crippen LogP contribution is 2.14. The van der Waals surface area contributed by atoms with Crippen LogP contribution in [0.25, 0.3) is 0 Å². The van der Waals surface area contributed by atoms with E-state index in [1.807, 2.05) is 18.2 Å². The van der Waals surface area contributed by atoms with Crippen LogP contribution >= 0.6 is 0 Å². The van der Waals surface area contributed by atoms with Crippen molar-refractivity contribution in [2.24, 2.45) is 0 Å². The Balaban J connectivity index is 1.55. The summed E-state index contributed by atoms with van der Waals surface area (Å²) in [5.74, 6) is 0. The van der Waals surface area contributed by atoms with Crippen LogP contribution in [0.4, 0.5) is 0 Å². The highest BCUT2D eigenvalue weighted by Gasteiger charge is 2.13. The van der Waals surface area contributed by atoms with Crippen molar-refractivity contribution in [2.75, 3.05) is 19.8 Å². The molecular formula is C22H32O3. The lowest BCUT2D eigenvalue weighted by molar-refractivity contribution is -0.156. The molecule has 1 fully saturated rings. The Morgan fingerprint density at radius 3 is 2.44 bits per heavy atom. The maximum atomic E-state index is 5.79. The van der Waals surface area contributed by atoms with Crippen LogP contribution < -0.4 is 0 Å². The van der Waals surface area contributed by atoms with Gasteiger partial charge in [-0.25, -0.2) is 0 Å². The third-order valence-electron chi connectivity index (χ3n) is 4.23. The zero-order valence-electron chi connectivity index (χ0n) is 15.7. The number of ether oxygens (including phenoxy) is 3. The molecule has 0 N–H and O–H groups in total. The van der Waals surface area contributed by atoms with E-state index < -0.39 is 0 Å². The van der Waals surface area contributed by atoms with Crippen LogP contribution in [-0.2, 0) is 20.8 Å². The molecular weight excluding hydrogens is 312 g/mol. The lowest BCUT2D eigenvalue weighted by Crippen LogP contribution is -2.22. The highest BCUT2D eigenvalue weighted by molar-refractivity contribution is 5.13. The van der Waals surface area contributed by atoms with Gasteiger partial charge in [0.2, 0.25) is 0 Å². The number of benzene rings is 1. The standard InChI is InChI=1S/C22H32O3/c1-19(16-23-18-21-12-4-3-5-13-21)10-6-7-11-20(2)17-25-22-14-8-9-15-24-22/h3-5,10-13,22H,6-9,14-18H2,1-2H3/b19-10+,20-11+.